The van der Waals surface area contributed by atoms with E-state index < -0.39 is 17.7 Å². The number of anilines is 1. The largest absolute Gasteiger partial charge is 0.507 e. The van der Waals surface area contributed by atoms with Crippen molar-refractivity contribution >= 4 is 23.3 Å². The number of hydrogen-bond donors (Lipinski definition) is 2. The maximum absolute atomic E-state index is 13.2. The average Bonchev–Trinajstić information content (AvgIpc) is 3.36. The number of hydrogen-bond acceptors (Lipinski definition) is 6. The van der Waals surface area contributed by atoms with Crippen molar-refractivity contribution in [1.29, 1.82) is 0 Å². The van der Waals surface area contributed by atoms with Crippen LogP contribution in [0.2, 0.25) is 0 Å². The predicted molar refractivity (Wildman–Crippen MR) is 114 cm³/mol. The Hall–Kier alpha value is -3.81. The van der Waals surface area contributed by atoms with Crippen LogP contribution in [0.3, 0.4) is 0 Å². The smallest absolute Gasteiger partial charge is 0.301 e. The number of aliphatic hydroxyl groups excluding tert-OH is 1. The van der Waals surface area contributed by atoms with E-state index in [1.54, 1.807) is 37.3 Å². The Bertz CT molecular complexity index is 1230. The molecule has 1 atom stereocenters. The van der Waals surface area contributed by atoms with Gasteiger partial charge >= 0.3 is 5.91 Å². The van der Waals surface area contributed by atoms with Crippen LogP contribution in [0.5, 0.6) is 5.75 Å². The second-order valence-corrected chi connectivity index (χ2v) is 7.62. The van der Waals surface area contributed by atoms with Gasteiger partial charge in [0.1, 0.15) is 17.3 Å². The fourth-order valence-corrected chi connectivity index (χ4v) is 4.06. The second-order valence-electron chi connectivity index (χ2n) is 7.62. The Morgan fingerprint density at radius 1 is 1.16 bits per heavy atom. The topological polar surface area (TPSA) is 109 Å². The third-order valence-electron chi connectivity index (χ3n) is 5.64. The summed E-state index contributed by atoms with van der Waals surface area (Å²) in [6.07, 6.45) is 0. The molecule has 31 heavy (non-hydrogen) atoms. The number of benzene rings is 1. The predicted octanol–water partition coefficient (Wildman–Crippen LogP) is 3.87. The molecule has 1 unspecified atom stereocenters. The van der Waals surface area contributed by atoms with Gasteiger partial charge in [-0.05, 0) is 51.0 Å². The number of nitrogens with one attached hydrogen (secondary N) is 1. The number of rotatable bonds is 4. The van der Waals surface area contributed by atoms with Gasteiger partial charge in [0.25, 0.3) is 5.78 Å². The van der Waals surface area contributed by atoms with Crippen LogP contribution in [0.1, 0.15) is 39.9 Å². The molecule has 2 N–H and O–H groups in total. The maximum atomic E-state index is 13.2. The number of nitrogens with zero attached hydrogens (tertiary/aromatic N) is 2. The van der Waals surface area contributed by atoms with Gasteiger partial charge in [-0.2, -0.15) is 0 Å². The van der Waals surface area contributed by atoms with Crippen molar-refractivity contribution in [3.8, 4) is 5.75 Å². The summed E-state index contributed by atoms with van der Waals surface area (Å²) in [6, 6.07) is 7.71. The summed E-state index contributed by atoms with van der Waals surface area (Å²) in [5, 5.41) is 15.2. The van der Waals surface area contributed by atoms with Crippen molar-refractivity contribution in [3.05, 3.63) is 69.7 Å². The number of carbonyl (C=O) groups excluding carboxylic acids is 2. The minimum Gasteiger partial charge on any atom is -0.507 e. The molecule has 1 amide bonds. The lowest BCUT2D eigenvalue weighted by Gasteiger charge is -2.23. The maximum Gasteiger partial charge on any atom is 0.301 e. The van der Waals surface area contributed by atoms with E-state index in [0.717, 1.165) is 11.3 Å². The summed E-state index contributed by atoms with van der Waals surface area (Å²) in [7, 11) is 1.53. The summed E-state index contributed by atoms with van der Waals surface area (Å²) >= 11 is 0. The fraction of sp³-hybridized carbons (Fsp3) is 0.261. The number of aliphatic hydroxyl groups is 1. The quantitative estimate of drug-likeness (QED) is 0.376. The van der Waals surface area contributed by atoms with E-state index in [1.807, 2.05) is 20.8 Å². The van der Waals surface area contributed by atoms with Gasteiger partial charge in [-0.1, -0.05) is 17.3 Å². The van der Waals surface area contributed by atoms with Crippen LogP contribution < -0.4 is 9.64 Å². The van der Waals surface area contributed by atoms with E-state index in [4.69, 9.17) is 9.26 Å². The molecule has 1 aromatic carbocycles. The zero-order chi connectivity index (χ0) is 22.4. The highest BCUT2D eigenvalue weighted by molar-refractivity contribution is 6.51. The lowest BCUT2D eigenvalue weighted by molar-refractivity contribution is -0.132. The zero-order valence-electron chi connectivity index (χ0n) is 17.9. The van der Waals surface area contributed by atoms with Crippen LogP contribution in [0.15, 0.2) is 40.4 Å². The van der Waals surface area contributed by atoms with E-state index in [9.17, 15) is 14.7 Å². The molecular weight excluding hydrogens is 398 g/mol. The van der Waals surface area contributed by atoms with E-state index in [1.165, 1.54) is 12.0 Å². The molecule has 0 radical (unpaired) electrons. The number of H-pyrrole nitrogens is 1. The number of Topliss-reactive ketones (excluding diaryl/α,β-unsaturated/α-hetero) is 1. The SMILES string of the molecule is COc1cccc(C2/C(=C(\O)c3c(C)[nH]c(C)c3C)C(=O)C(=O)N2c2cc(C)on2)c1. The number of aromatic nitrogens is 2. The van der Waals surface area contributed by atoms with Gasteiger partial charge in [-0.25, -0.2) is 0 Å². The Balaban J connectivity index is 2.00. The molecule has 0 bridgehead atoms. The van der Waals surface area contributed by atoms with Gasteiger partial charge in [0, 0.05) is 23.0 Å². The first-order chi connectivity index (χ1) is 14.7. The van der Waals surface area contributed by atoms with Crippen LogP contribution in [0.4, 0.5) is 5.82 Å². The molecule has 8 heteroatoms. The number of ether oxygens (including phenoxy) is 1. The van der Waals surface area contributed by atoms with Gasteiger partial charge in [-0.3, -0.25) is 14.5 Å². The van der Waals surface area contributed by atoms with Crippen molar-refractivity contribution in [2.45, 2.75) is 33.7 Å². The molecule has 1 saturated heterocycles. The first kappa shape index (κ1) is 20.5. The highest BCUT2D eigenvalue weighted by Gasteiger charge is 2.48. The minimum absolute atomic E-state index is 0.0101. The highest BCUT2D eigenvalue weighted by atomic mass is 16.5. The molecule has 8 nitrogen and oxygen atoms in total. The molecule has 0 saturated carbocycles. The van der Waals surface area contributed by atoms with Crippen LogP contribution >= 0.6 is 0 Å². The molecule has 3 aromatic rings. The van der Waals surface area contributed by atoms with Crippen molar-refractivity contribution < 1.29 is 24.0 Å². The van der Waals surface area contributed by atoms with Gasteiger partial charge in [0.2, 0.25) is 0 Å². The second kappa shape index (κ2) is 7.46. The average molecular weight is 421 g/mol. The van der Waals surface area contributed by atoms with Crippen LogP contribution in [0, 0.1) is 27.7 Å². The first-order valence-electron chi connectivity index (χ1n) is 9.79. The fourth-order valence-electron chi connectivity index (χ4n) is 4.06. The molecule has 4 rings (SSSR count). The van der Waals surface area contributed by atoms with E-state index in [-0.39, 0.29) is 17.2 Å². The summed E-state index contributed by atoms with van der Waals surface area (Å²) in [5.74, 6) is -0.550. The molecule has 2 aromatic heterocycles. The lowest BCUT2D eigenvalue weighted by atomic mass is 9.94. The molecule has 0 spiro atoms. The standard InChI is InChI=1S/C23H23N3O5/c1-11-9-17(25-31-11)26-20(15-7-6-8-16(10-15)30-5)19(22(28)23(26)29)21(27)18-12(2)13(3)24-14(18)4/h6-10,20,24,27H,1-5H3/b21-19+. The Morgan fingerprint density at radius 2 is 1.90 bits per heavy atom. The number of methoxy groups -OCH3 is 1. The minimum atomic E-state index is -0.895. The summed E-state index contributed by atoms with van der Waals surface area (Å²) in [6.45, 7) is 7.25. The number of ketones is 1. The number of aromatic amines is 1. The molecule has 160 valence electrons. The molecule has 1 aliphatic rings. The van der Waals surface area contributed by atoms with Gasteiger partial charge in [0.15, 0.2) is 5.82 Å². The summed E-state index contributed by atoms with van der Waals surface area (Å²) < 4.78 is 10.5. The molecule has 0 aliphatic carbocycles. The number of aryl methyl sites for hydroxylation is 3. The van der Waals surface area contributed by atoms with Crippen molar-refractivity contribution in [2.75, 3.05) is 12.0 Å². The van der Waals surface area contributed by atoms with Crippen molar-refractivity contribution in [3.63, 3.8) is 0 Å². The van der Waals surface area contributed by atoms with E-state index in [2.05, 4.69) is 10.1 Å². The lowest BCUT2D eigenvalue weighted by Crippen LogP contribution is -2.29. The van der Waals surface area contributed by atoms with Crippen molar-refractivity contribution in [1.82, 2.24) is 10.1 Å². The Morgan fingerprint density at radius 3 is 2.48 bits per heavy atom. The molecule has 1 fully saturated rings. The van der Waals surface area contributed by atoms with Crippen LogP contribution in [-0.4, -0.2) is 34.0 Å². The normalized spacial score (nSPS) is 18.1. The monoisotopic (exact) mass is 421 g/mol. The van der Waals surface area contributed by atoms with Crippen molar-refractivity contribution in [2.24, 2.45) is 0 Å². The van der Waals surface area contributed by atoms with Gasteiger partial charge in [-0.15, -0.1) is 0 Å². The van der Waals surface area contributed by atoms with Gasteiger partial charge < -0.3 is 19.4 Å². The Labute approximate surface area is 179 Å². The third-order valence-corrected chi connectivity index (χ3v) is 5.64. The summed E-state index contributed by atoms with van der Waals surface area (Å²) in [5.41, 5.74) is 3.49. The third kappa shape index (κ3) is 3.20. The molecular formula is C23H23N3O5. The van der Waals surface area contributed by atoms with E-state index in [0.29, 0.717) is 28.3 Å². The molecule has 1 aliphatic heterocycles. The van der Waals surface area contributed by atoms with Crippen LogP contribution in [-0.2, 0) is 9.59 Å². The first-order valence-corrected chi connectivity index (χ1v) is 9.79. The molecule has 3 heterocycles. The zero-order valence-corrected chi connectivity index (χ0v) is 17.9. The number of carbonyl (C=O) groups is 2. The highest BCUT2D eigenvalue weighted by Crippen LogP contribution is 2.43. The van der Waals surface area contributed by atoms with E-state index >= 15 is 0 Å². The van der Waals surface area contributed by atoms with Gasteiger partial charge in [0.05, 0.1) is 18.7 Å². The van der Waals surface area contributed by atoms with Crippen LogP contribution in [0.25, 0.3) is 5.76 Å². The number of amides is 1. The summed E-state index contributed by atoms with van der Waals surface area (Å²) in [4.78, 5) is 30.7. The Kier molecular flexibility index (Phi) is 4.93.